The van der Waals surface area contributed by atoms with Crippen LogP contribution in [0.5, 0.6) is 0 Å². The molecule has 1 aliphatic carbocycles. The molecule has 2 fully saturated rings. The van der Waals surface area contributed by atoms with Crippen LogP contribution in [0, 0.1) is 12.3 Å². The predicted molar refractivity (Wildman–Crippen MR) is 109 cm³/mol. The number of amides is 1. The molecule has 1 saturated heterocycles. The lowest BCUT2D eigenvalue weighted by atomic mass is 10.0. The van der Waals surface area contributed by atoms with Crippen molar-refractivity contribution in [2.45, 2.75) is 37.3 Å². The zero-order chi connectivity index (χ0) is 20.9. The average molecular weight is 419 g/mol. The maximum atomic E-state index is 11.7. The highest BCUT2D eigenvalue weighted by molar-refractivity contribution is 7.85. The summed E-state index contributed by atoms with van der Waals surface area (Å²) in [4.78, 5) is 11.7. The summed E-state index contributed by atoms with van der Waals surface area (Å²) in [7, 11) is -4.02. The van der Waals surface area contributed by atoms with Crippen molar-refractivity contribution in [2.24, 2.45) is 5.41 Å². The number of aryl methyl sites for hydroxylation is 1. The lowest BCUT2D eigenvalue weighted by Gasteiger charge is -2.18. The van der Waals surface area contributed by atoms with E-state index in [0.29, 0.717) is 12.0 Å². The fourth-order valence-corrected chi connectivity index (χ4v) is 3.79. The van der Waals surface area contributed by atoms with E-state index in [4.69, 9.17) is 9.29 Å². The van der Waals surface area contributed by atoms with E-state index in [2.05, 4.69) is 10.6 Å². The molecule has 7 nitrogen and oxygen atoms in total. The summed E-state index contributed by atoms with van der Waals surface area (Å²) in [6, 6.07) is 16.0. The van der Waals surface area contributed by atoms with Gasteiger partial charge in [-0.15, -0.1) is 0 Å². The van der Waals surface area contributed by atoms with E-state index < -0.39 is 10.1 Å². The minimum Gasteiger partial charge on any atom is -0.445 e. The largest absolute Gasteiger partial charge is 0.445 e. The van der Waals surface area contributed by atoms with Gasteiger partial charge in [0.05, 0.1) is 10.9 Å². The molecule has 1 spiro atoms. The summed E-state index contributed by atoms with van der Waals surface area (Å²) in [6.07, 6.45) is 2.12. The molecule has 1 saturated carbocycles. The van der Waals surface area contributed by atoms with Crippen LogP contribution in [0.2, 0.25) is 0 Å². The van der Waals surface area contributed by atoms with Gasteiger partial charge in [0, 0.05) is 18.5 Å². The first kappa shape index (κ1) is 21.3. The molecule has 29 heavy (non-hydrogen) atoms. The van der Waals surface area contributed by atoms with Crippen molar-refractivity contribution in [3.05, 3.63) is 65.7 Å². The Labute approximate surface area is 171 Å². The molecule has 1 unspecified atom stereocenters. The van der Waals surface area contributed by atoms with Gasteiger partial charge in [-0.3, -0.25) is 4.55 Å². The van der Waals surface area contributed by atoms with Crippen LogP contribution in [0.25, 0.3) is 0 Å². The van der Waals surface area contributed by atoms with Crippen LogP contribution >= 0.6 is 0 Å². The maximum absolute atomic E-state index is 11.7. The van der Waals surface area contributed by atoms with Gasteiger partial charge in [-0.1, -0.05) is 48.0 Å². The third-order valence-corrected chi connectivity index (χ3v) is 6.15. The van der Waals surface area contributed by atoms with E-state index in [1.165, 1.54) is 25.0 Å². The highest BCUT2D eigenvalue weighted by Gasteiger charge is 2.52. The van der Waals surface area contributed by atoms with Crippen LogP contribution in [0.1, 0.15) is 24.0 Å². The number of rotatable bonds is 4. The van der Waals surface area contributed by atoms with E-state index in [1.807, 2.05) is 37.3 Å². The fourth-order valence-electron chi connectivity index (χ4n) is 3.31. The molecule has 3 N–H and O–H groups in total. The second-order valence-corrected chi connectivity index (χ2v) is 8.96. The molecule has 2 aromatic rings. The number of carbonyl (C=O) groups is 1. The van der Waals surface area contributed by atoms with E-state index >= 15 is 0 Å². The average Bonchev–Trinajstić information content (AvgIpc) is 3.37. The van der Waals surface area contributed by atoms with Gasteiger partial charge in [-0.25, -0.2) is 4.79 Å². The van der Waals surface area contributed by atoms with Crippen LogP contribution in [0.4, 0.5) is 4.79 Å². The van der Waals surface area contributed by atoms with Gasteiger partial charge in [0.2, 0.25) is 0 Å². The van der Waals surface area contributed by atoms with Crippen molar-refractivity contribution in [2.75, 3.05) is 13.1 Å². The monoisotopic (exact) mass is 418 g/mol. The van der Waals surface area contributed by atoms with E-state index in [-0.39, 0.29) is 17.0 Å². The summed E-state index contributed by atoms with van der Waals surface area (Å²) in [5.74, 6) is 0. The van der Waals surface area contributed by atoms with Crippen LogP contribution in [-0.2, 0) is 21.5 Å². The second kappa shape index (κ2) is 8.94. The van der Waals surface area contributed by atoms with Gasteiger partial charge in [-0.2, -0.15) is 8.42 Å². The number of hydrogen-bond donors (Lipinski definition) is 3. The zero-order valence-electron chi connectivity index (χ0n) is 16.3. The van der Waals surface area contributed by atoms with Crippen molar-refractivity contribution >= 4 is 16.2 Å². The Morgan fingerprint density at radius 2 is 1.83 bits per heavy atom. The standard InChI is InChI=1S/C14H18N2O2.C7H8O3S/c17-13(18-9-11-4-2-1-3-5-11)16-12-8-15-10-14(12)6-7-14;1-6-2-4-7(5-3-6)11(8,9)10/h1-5,12,15H,6-10H2,(H,16,17);2-5H,1H3,(H,8,9,10). The molecular weight excluding hydrogens is 392 g/mol. The predicted octanol–water partition coefficient (Wildman–Crippen LogP) is 2.91. The lowest BCUT2D eigenvalue weighted by molar-refractivity contribution is 0.133. The van der Waals surface area contributed by atoms with Crippen LogP contribution in [-0.4, -0.2) is 38.2 Å². The molecule has 0 aromatic heterocycles. The van der Waals surface area contributed by atoms with Gasteiger partial charge < -0.3 is 15.4 Å². The number of ether oxygens (including phenoxy) is 1. The van der Waals surface area contributed by atoms with E-state index in [1.54, 1.807) is 12.1 Å². The molecule has 0 bridgehead atoms. The number of carbonyl (C=O) groups excluding carboxylic acids is 1. The summed E-state index contributed by atoms with van der Waals surface area (Å²) >= 11 is 0. The Kier molecular flexibility index (Phi) is 6.56. The van der Waals surface area contributed by atoms with Crippen molar-refractivity contribution < 1.29 is 22.5 Å². The third kappa shape index (κ3) is 6.03. The molecule has 8 heteroatoms. The van der Waals surface area contributed by atoms with Gasteiger partial charge >= 0.3 is 6.09 Å². The molecule has 2 aliphatic rings. The summed E-state index contributed by atoms with van der Waals surface area (Å²) < 4.78 is 34.8. The van der Waals surface area contributed by atoms with Crippen LogP contribution in [0.15, 0.2) is 59.5 Å². The Hall–Kier alpha value is -2.42. The van der Waals surface area contributed by atoms with Gasteiger partial charge in [-0.05, 0) is 37.5 Å². The van der Waals surface area contributed by atoms with Crippen molar-refractivity contribution in [1.82, 2.24) is 10.6 Å². The molecule has 4 rings (SSSR count). The van der Waals surface area contributed by atoms with E-state index in [0.717, 1.165) is 24.2 Å². The molecule has 1 aliphatic heterocycles. The molecule has 156 valence electrons. The zero-order valence-corrected chi connectivity index (χ0v) is 17.1. The minimum absolute atomic E-state index is 0.0666. The van der Waals surface area contributed by atoms with Gasteiger partial charge in [0.25, 0.3) is 10.1 Å². The smallest absolute Gasteiger partial charge is 0.407 e. The maximum Gasteiger partial charge on any atom is 0.407 e. The highest BCUT2D eigenvalue weighted by Crippen LogP contribution is 2.50. The lowest BCUT2D eigenvalue weighted by Crippen LogP contribution is -2.41. The number of benzene rings is 2. The molecule has 1 heterocycles. The SMILES string of the molecule is Cc1ccc(S(=O)(=O)O)cc1.O=C(NC1CNCC12CC2)OCc1ccccc1. The third-order valence-electron chi connectivity index (χ3n) is 5.28. The van der Waals surface area contributed by atoms with Crippen molar-refractivity contribution in [3.63, 3.8) is 0 Å². The minimum atomic E-state index is -4.02. The van der Waals surface area contributed by atoms with Crippen molar-refractivity contribution in [1.29, 1.82) is 0 Å². The first-order valence-electron chi connectivity index (χ1n) is 9.51. The Bertz CT molecular complexity index is 925. The molecule has 0 radical (unpaired) electrons. The van der Waals surface area contributed by atoms with Gasteiger partial charge in [0.15, 0.2) is 0 Å². The molecule has 1 atom stereocenters. The number of nitrogens with one attached hydrogen (secondary N) is 2. The first-order chi connectivity index (χ1) is 13.8. The number of hydrogen-bond acceptors (Lipinski definition) is 5. The molecule has 1 amide bonds. The summed E-state index contributed by atoms with van der Waals surface area (Å²) in [5.41, 5.74) is 2.29. The van der Waals surface area contributed by atoms with Gasteiger partial charge in [0.1, 0.15) is 6.61 Å². The Balaban J connectivity index is 0.000000188. The Morgan fingerprint density at radius 3 is 2.41 bits per heavy atom. The van der Waals surface area contributed by atoms with E-state index in [9.17, 15) is 13.2 Å². The Morgan fingerprint density at radius 1 is 1.17 bits per heavy atom. The summed E-state index contributed by atoms with van der Waals surface area (Å²) in [5, 5.41) is 6.31. The number of alkyl carbamates (subject to hydrolysis) is 1. The molecule has 2 aromatic carbocycles. The summed E-state index contributed by atoms with van der Waals surface area (Å²) in [6.45, 7) is 4.06. The quantitative estimate of drug-likeness (QED) is 0.660. The van der Waals surface area contributed by atoms with Crippen LogP contribution in [0.3, 0.4) is 0 Å². The first-order valence-corrected chi connectivity index (χ1v) is 10.9. The topological polar surface area (TPSA) is 105 Å². The second-order valence-electron chi connectivity index (χ2n) is 7.54. The normalized spacial score (nSPS) is 19.2. The van der Waals surface area contributed by atoms with Crippen LogP contribution < -0.4 is 10.6 Å². The fraction of sp³-hybridized carbons (Fsp3) is 0.381. The van der Waals surface area contributed by atoms with Crippen molar-refractivity contribution in [3.8, 4) is 0 Å². The highest BCUT2D eigenvalue weighted by atomic mass is 32.2. The molecular formula is C21H26N2O5S.